The molecule has 1 heterocycles. The van der Waals surface area contributed by atoms with Gasteiger partial charge in [-0.05, 0) is 24.3 Å². The van der Waals surface area contributed by atoms with Crippen molar-refractivity contribution < 1.29 is 8.42 Å². The van der Waals surface area contributed by atoms with Gasteiger partial charge in [0.15, 0.2) is 0 Å². The second-order valence-electron chi connectivity index (χ2n) is 4.60. The second kappa shape index (κ2) is 7.05. The summed E-state index contributed by atoms with van der Waals surface area (Å²) >= 11 is 0. The van der Waals surface area contributed by atoms with Crippen LogP contribution in [0.3, 0.4) is 0 Å². The Kier molecular flexibility index (Phi) is 5.12. The van der Waals surface area contributed by atoms with Crippen molar-refractivity contribution in [3.8, 4) is 12.1 Å². The molecule has 22 heavy (non-hydrogen) atoms. The summed E-state index contributed by atoms with van der Waals surface area (Å²) in [7, 11) is -3.47. The van der Waals surface area contributed by atoms with Gasteiger partial charge in [-0.2, -0.15) is 14.8 Å². The third-order valence-electron chi connectivity index (χ3n) is 3.19. The minimum Gasteiger partial charge on any atom is -0.360 e. The van der Waals surface area contributed by atoms with Gasteiger partial charge in [0.05, 0.1) is 4.90 Å². The number of benzene rings is 1. The number of nitrogens with one attached hydrogen (secondary N) is 2. The van der Waals surface area contributed by atoms with E-state index in [0.29, 0.717) is 31.9 Å². The maximum atomic E-state index is 12.4. The van der Waals surface area contributed by atoms with E-state index in [1.165, 1.54) is 22.6 Å². The molecule has 0 unspecified atom stereocenters. The highest BCUT2D eigenvalue weighted by Gasteiger charge is 2.25. The number of allylic oxidation sites excluding steroid dienone is 1. The first-order valence-electron chi connectivity index (χ1n) is 6.66. The van der Waals surface area contributed by atoms with Gasteiger partial charge < -0.3 is 10.6 Å². The van der Waals surface area contributed by atoms with Crippen LogP contribution in [0.1, 0.15) is 0 Å². The van der Waals surface area contributed by atoms with Gasteiger partial charge in [-0.25, -0.2) is 8.42 Å². The third kappa shape index (κ3) is 3.62. The highest BCUT2D eigenvalue weighted by atomic mass is 32.2. The molecule has 0 atom stereocenters. The van der Waals surface area contributed by atoms with Crippen LogP contribution in [0.2, 0.25) is 0 Å². The van der Waals surface area contributed by atoms with Gasteiger partial charge in [0.25, 0.3) is 0 Å². The molecule has 0 saturated carbocycles. The Balaban J connectivity index is 2.13. The fraction of sp³-hybridized carbons (Fsp3) is 0.286. The first-order chi connectivity index (χ1) is 10.6. The lowest BCUT2D eigenvalue weighted by Crippen LogP contribution is -2.46. The van der Waals surface area contributed by atoms with Crippen molar-refractivity contribution in [2.75, 3.05) is 31.5 Å². The largest absolute Gasteiger partial charge is 0.360 e. The summed E-state index contributed by atoms with van der Waals surface area (Å²) in [5.74, 6) is 0. The summed E-state index contributed by atoms with van der Waals surface area (Å²) in [4.78, 5) is 0.227. The standard InChI is InChI=1S/C14H15N5O2S/c15-9-12(10-16)11-18-13-1-3-14(4-2-13)22(20,21)19-7-5-17-6-8-19/h1-4,11,17-18H,5-8H2. The van der Waals surface area contributed by atoms with Crippen LogP contribution in [0, 0.1) is 22.7 Å². The summed E-state index contributed by atoms with van der Waals surface area (Å²) in [5.41, 5.74) is 0.541. The molecule has 1 aliphatic heterocycles. The molecule has 8 heteroatoms. The molecule has 0 radical (unpaired) electrons. The van der Waals surface area contributed by atoms with Crippen molar-refractivity contribution in [3.63, 3.8) is 0 Å². The maximum Gasteiger partial charge on any atom is 0.243 e. The minimum atomic E-state index is -3.47. The summed E-state index contributed by atoms with van der Waals surface area (Å²) < 4.78 is 26.3. The van der Waals surface area contributed by atoms with Gasteiger partial charge in [-0.3, -0.25) is 0 Å². The number of nitrogens with zero attached hydrogens (tertiary/aromatic N) is 3. The fourth-order valence-electron chi connectivity index (χ4n) is 2.00. The van der Waals surface area contributed by atoms with Crippen LogP contribution in [0.25, 0.3) is 0 Å². The van der Waals surface area contributed by atoms with E-state index in [2.05, 4.69) is 10.6 Å². The van der Waals surface area contributed by atoms with E-state index < -0.39 is 10.0 Å². The van der Waals surface area contributed by atoms with Gasteiger partial charge in [-0.15, -0.1) is 0 Å². The van der Waals surface area contributed by atoms with Crippen molar-refractivity contribution in [2.24, 2.45) is 0 Å². The van der Waals surface area contributed by atoms with Crippen molar-refractivity contribution in [1.82, 2.24) is 9.62 Å². The Morgan fingerprint density at radius 3 is 2.32 bits per heavy atom. The van der Waals surface area contributed by atoms with Crippen molar-refractivity contribution >= 4 is 15.7 Å². The van der Waals surface area contributed by atoms with Crippen molar-refractivity contribution in [1.29, 1.82) is 10.5 Å². The lowest BCUT2D eigenvalue weighted by atomic mass is 10.3. The van der Waals surface area contributed by atoms with Gasteiger partial charge >= 0.3 is 0 Å². The Labute approximate surface area is 129 Å². The Morgan fingerprint density at radius 2 is 1.77 bits per heavy atom. The number of hydrogen-bond donors (Lipinski definition) is 2. The van der Waals surface area contributed by atoms with Crippen LogP contribution in [0.4, 0.5) is 5.69 Å². The first kappa shape index (κ1) is 16.0. The monoisotopic (exact) mass is 317 g/mol. The van der Waals surface area contributed by atoms with Crippen LogP contribution in [0.15, 0.2) is 40.9 Å². The smallest absolute Gasteiger partial charge is 0.243 e. The number of anilines is 1. The molecule has 2 N–H and O–H groups in total. The Morgan fingerprint density at radius 1 is 1.18 bits per heavy atom. The highest BCUT2D eigenvalue weighted by molar-refractivity contribution is 7.89. The SMILES string of the molecule is N#CC(C#N)=CNc1ccc(S(=O)(=O)N2CCNCC2)cc1. The van der Waals surface area contributed by atoms with Crippen LogP contribution in [-0.4, -0.2) is 38.9 Å². The van der Waals surface area contributed by atoms with Crippen LogP contribution in [-0.2, 0) is 10.0 Å². The zero-order valence-electron chi connectivity index (χ0n) is 11.8. The van der Waals surface area contributed by atoms with Gasteiger partial charge in [0.2, 0.25) is 10.0 Å². The predicted octanol–water partition coefficient (Wildman–Crippen LogP) is 0.623. The van der Waals surface area contributed by atoms with E-state index in [4.69, 9.17) is 10.5 Å². The van der Waals surface area contributed by atoms with Crippen molar-refractivity contribution in [2.45, 2.75) is 4.90 Å². The van der Waals surface area contributed by atoms with E-state index in [1.807, 2.05) is 0 Å². The molecule has 1 saturated heterocycles. The van der Waals surface area contributed by atoms with Crippen LogP contribution < -0.4 is 10.6 Å². The summed E-state index contributed by atoms with van der Waals surface area (Å²) in [6.45, 7) is 2.21. The average Bonchev–Trinajstić information content (AvgIpc) is 2.57. The third-order valence-corrected chi connectivity index (χ3v) is 5.11. The molecule has 0 spiro atoms. The Hall–Kier alpha value is -2.39. The number of rotatable bonds is 4. The molecule has 114 valence electrons. The molecule has 2 rings (SSSR count). The van der Waals surface area contributed by atoms with E-state index in [1.54, 1.807) is 24.3 Å². The minimum absolute atomic E-state index is 0.0579. The van der Waals surface area contributed by atoms with Gasteiger partial charge in [0, 0.05) is 38.1 Å². The van der Waals surface area contributed by atoms with Crippen LogP contribution in [0.5, 0.6) is 0 Å². The van der Waals surface area contributed by atoms with E-state index in [9.17, 15) is 8.42 Å². The van der Waals surface area contributed by atoms with Crippen molar-refractivity contribution in [3.05, 3.63) is 36.0 Å². The van der Waals surface area contributed by atoms with Gasteiger partial charge in [-0.1, -0.05) is 0 Å². The predicted molar refractivity (Wildman–Crippen MR) is 81.0 cm³/mol. The van der Waals surface area contributed by atoms with Gasteiger partial charge in [0.1, 0.15) is 17.7 Å². The van der Waals surface area contributed by atoms with Crippen LogP contribution >= 0.6 is 0 Å². The molecule has 1 aromatic carbocycles. The molecule has 1 aliphatic rings. The fourth-order valence-corrected chi connectivity index (χ4v) is 3.44. The average molecular weight is 317 g/mol. The summed E-state index contributed by atoms with van der Waals surface area (Å²) in [6, 6.07) is 9.66. The maximum absolute atomic E-state index is 12.4. The molecule has 0 bridgehead atoms. The van der Waals surface area contributed by atoms with E-state index in [0.717, 1.165) is 0 Å². The molecule has 7 nitrogen and oxygen atoms in total. The lowest BCUT2D eigenvalue weighted by Gasteiger charge is -2.26. The number of piperazine rings is 1. The van der Waals surface area contributed by atoms with E-state index in [-0.39, 0.29) is 10.5 Å². The number of nitriles is 2. The topological polar surface area (TPSA) is 109 Å². The number of hydrogen-bond acceptors (Lipinski definition) is 6. The zero-order chi connectivity index (χ0) is 16.0. The normalized spacial score (nSPS) is 15.4. The number of sulfonamides is 1. The molecule has 0 aromatic heterocycles. The summed E-state index contributed by atoms with van der Waals surface area (Å²) in [5, 5.41) is 23.1. The Bertz CT molecular complexity index is 719. The summed E-state index contributed by atoms with van der Waals surface area (Å²) in [6.07, 6.45) is 1.28. The van der Waals surface area contributed by atoms with E-state index >= 15 is 0 Å². The highest BCUT2D eigenvalue weighted by Crippen LogP contribution is 2.19. The quantitative estimate of drug-likeness (QED) is 0.788. The second-order valence-corrected chi connectivity index (χ2v) is 6.54. The molecular formula is C14H15N5O2S. The molecule has 0 amide bonds. The molecule has 1 fully saturated rings. The first-order valence-corrected chi connectivity index (χ1v) is 8.10. The molecule has 0 aliphatic carbocycles. The molecule has 1 aromatic rings. The lowest BCUT2D eigenvalue weighted by molar-refractivity contribution is 0.360. The molecular weight excluding hydrogens is 302 g/mol. The zero-order valence-corrected chi connectivity index (χ0v) is 12.6.